The zero-order chi connectivity index (χ0) is 18.0. The first-order valence-electron chi connectivity index (χ1n) is 8.10. The molecule has 2 aromatic carbocycles. The molecule has 0 amide bonds. The Morgan fingerprint density at radius 1 is 1.20 bits per heavy atom. The molecule has 2 aromatic rings. The molecule has 0 saturated carbocycles. The fraction of sp³-hybridized carbons (Fsp3) is 0.300. The van der Waals surface area contributed by atoms with Crippen LogP contribution in [0, 0.1) is 0 Å². The van der Waals surface area contributed by atoms with Crippen LogP contribution in [0.3, 0.4) is 0 Å². The van der Waals surface area contributed by atoms with Gasteiger partial charge < -0.3 is 14.4 Å². The summed E-state index contributed by atoms with van der Waals surface area (Å²) in [6, 6.07) is 9.97. The molecule has 3 nitrogen and oxygen atoms in total. The van der Waals surface area contributed by atoms with Crippen LogP contribution in [-0.4, -0.2) is 19.9 Å². The molecule has 0 radical (unpaired) electrons. The van der Waals surface area contributed by atoms with E-state index in [0.29, 0.717) is 5.75 Å². The lowest BCUT2D eigenvalue weighted by molar-refractivity contribution is 0.0552. The van der Waals surface area contributed by atoms with E-state index in [-0.39, 0.29) is 5.41 Å². The average molecular weight is 421 g/mol. The third-order valence-corrected chi connectivity index (χ3v) is 6.09. The first-order chi connectivity index (χ1) is 11.8. The van der Waals surface area contributed by atoms with Crippen LogP contribution >= 0.6 is 27.5 Å². The first-order valence-corrected chi connectivity index (χ1v) is 9.27. The van der Waals surface area contributed by atoms with Crippen LogP contribution in [0.25, 0.3) is 6.08 Å². The summed E-state index contributed by atoms with van der Waals surface area (Å²) in [5, 5.41) is 0.735. The molecule has 1 spiro atoms. The smallest absolute Gasteiger partial charge is 0.212 e. The standard InChI is InChI=1S/C20H19BrClNO2/c1-19(2)15-11-14(22)5-6-16(15)23(3)20(19)8-7-12-9-13(21)10-17(24-4)18(12)25-20/h5-11H,1-4H3. The number of benzene rings is 2. The van der Waals surface area contributed by atoms with E-state index in [1.807, 2.05) is 24.3 Å². The number of halogens is 2. The molecule has 0 N–H and O–H groups in total. The zero-order valence-electron chi connectivity index (χ0n) is 14.6. The van der Waals surface area contributed by atoms with Crippen molar-refractivity contribution < 1.29 is 9.47 Å². The molecule has 1 unspecified atom stereocenters. The average Bonchev–Trinajstić information content (AvgIpc) is 2.73. The van der Waals surface area contributed by atoms with Crippen molar-refractivity contribution in [1.82, 2.24) is 0 Å². The number of anilines is 1. The van der Waals surface area contributed by atoms with Crippen molar-refractivity contribution in [3.8, 4) is 11.5 Å². The number of ether oxygens (including phenoxy) is 2. The number of rotatable bonds is 1. The van der Waals surface area contributed by atoms with Crippen molar-refractivity contribution >= 4 is 39.3 Å². The van der Waals surface area contributed by atoms with E-state index in [1.165, 1.54) is 5.56 Å². The third-order valence-electron chi connectivity index (χ3n) is 5.40. The lowest BCUT2D eigenvalue weighted by Gasteiger charge is -2.46. The van der Waals surface area contributed by atoms with E-state index in [9.17, 15) is 0 Å². The minimum atomic E-state index is -0.645. The lowest BCUT2D eigenvalue weighted by atomic mass is 9.76. The van der Waals surface area contributed by atoms with Crippen LogP contribution in [0.2, 0.25) is 5.02 Å². The molecule has 1 atom stereocenters. The Morgan fingerprint density at radius 2 is 1.96 bits per heavy atom. The largest absolute Gasteiger partial charge is 0.493 e. The van der Waals surface area contributed by atoms with Crippen LogP contribution in [0.4, 0.5) is 5.69 Å². The van der Waals surface area contributed by atoms with Gasteiger partial charge in [0.05, 0.1) is 12.5 Å². The van der Waals surface area contributed by atoms with Gasteiger partial charge >= 0.3 is 0 Å². The second-order valence-electron chi connectivity index (χ2n) is 7.00. The quantitative estimate of drug-likeness (QED) is 0.596. The highest BCUT2D eigenvalue weighted by atomic mass is 79.9. The molecule has 0 bridgehead atoms. The molecule has 130 valence electrons. The Kier molecular flexibility index (Phi) is 3.64. The van der Waals surface area contributed by atoms with Gasteiger partial charge in [0.1, 0.15) is 0 Å². The lowest BCUT2D eigenvalue weighted by Crippen LogP contribution is -2.58. The van der Waals surface area contributed by atoms with Crippen LogP contribution in [0.5, 0.6) is 11.5 Å². The number of methoxy groups -OCH3 is 1. The van der Waals surface area contributed by atoms with Crippen LogP contribution < -0.4 is 14.4 Å². The van der Waals surface area contributed by atoms with Gasteiger partial charge in [-0.3, -0.25) is 0 Å². The number of nitrogens with zero attached hydrogens (tertiary/aromatic N) is 1. The van der Waals surface area contributed by atoms with Gasteiger partial charge in [0.15, 0.2) is 11.5 Å². The summed E-state index contributed by atoms with van der Waals surface area (Å²) < 4.78 is 13.2. The number of likely N-dealkylation sites (N-methyl/N-ethyl adjacent to an activating group) is 1. The van der Waals surface area contributed by atoms with Gasteiger partial charge in [-0.1, -0.05) is 27.5 Å². The second kappa shape index (κ2) is 5.42. The maximum Gasteiger partial charge on any atom is 0.212 e. The minimum absolute atomic E-state index is 0.297. The van der Waals surface area contributed by atoms with E-state index in [2.05, 4.69) is 59.9 Å². The highest BCUT2D eigenvalue weighted by molar-refractivity contribution is 9.10. The summed E-state index contributed by atoms with van der Waals surface area (Å²) in [6.07, 6.45) is 4.24. The molecular weight excluding hydrogens is 402 g/mol. The van der Waals surface area contributed by atoms with Gasteiger partial charge in [0.2, 0.25) is 5.72 Å². The maximum absolute atomic E-state index is 6.66. The predicted octanol–water partition coefficient (Wildman–Crippen LogP) is 5.64. The van der Waals surface area contributed by atoms with Crippen molar-refractivity contribution in [3.63, 3.8) is 0 Å². The Morgan fingerprint density at radius 3 is 2.68 bits per heavy atom. The summed E-state index contributed by atoms with van der Waals surface area (Å²) >= 11 is 9.80. The van der Waals surface area contributed by atoms with Gasteiger partial charge in [-0.25, -0.2) is 0 Å². The molecule has 2 aliphatic heterocycles. The molecule has 4 rings (SSSR count). The van der Waals surface area contributed by atoms with Gasteiger partial charge in [0.25, 0.3) is 0 Å². The predicted molar refractivity (Wildman–Crippen MR) is 106 cm³/mol. The molecule has 2 aliphatic rings. The fourth-order valence-corrected chi connectivity index (χ4v) is 4.60. The van der Waals surface area contributed by atoms with Crippen molar-refractivity contribution in [2.75, 3.05) is 19.1 Å². The molecule has 0 aliphatic carbocycles. The summed E-state index contributed by atoms with van der Waals surface area (Å²) in [4.78, 5) is 2.18. The van der Waals surface area contributed by atoms with Gasteiger partial charge in [-0.05, 0) is 61.9 Å². The van der Waals surface area contributed by atoms with Crippen LogP contribution in [0.15, 0.2) is 40.9 Å². The normalized spacial score (nSPS) is 22.6. The van der Waals surface area contributed by atoms with Crippen molar-refractivity contribution in [1.29, 1.82) is 0 Å². The van der Waals surface area contributed by atoms with Crippen LogP contribution in [0.1, 0.15) is 25.0 Å². The summed E-state index contributed by atoms with van der Waals surface area (Å²) in [6.45, 7) is 4.37. The SMILES string of the molecule is COc1cc(Br)cc2c1OC1(C=C2)N(C)c2ccc(Cl)cc2C1(C)C. The molecule has 5 heteroatoms. The number of hydrogen-bond acceptors (Lipinski definition) is 3. The molecule has 25 heavy (non-hydrogen) atoms. The fourth-order valence-electron chi connectivity index (χ4n) is 3.97. The molecule has 0 fully saturated rings. The van der Waals surface area contributed by atoms with E-state index in [0.717, 1.165) is 26.5 Å². The monoisotopic (exact) mass is 419 g/mol. The summed E-state index contributed by atoms with van der Waals surface area (Å²) in [5.41, 5.74) is 2.35. The van der Waals surface area contributed by atoms with Crippen LogP contribution in [-0.2, 0) is 5.41 Å². The van der Waals surface area contributed by atoms with E-state index < -0.39 is 5.72 Å². The van der Waals surface area contributed by atoms with Gasteiger partial charge in [0, 0.05) is 27.8 Å². The third kappa shape index (κ3) is 2.17. The topological polar surface area (TPSA) is 21.7 Å². The molecule has 0 aromatic heterocycles. The Balaban J connectivity index is 1.91. The van der Waals surface area contributed by atoms with Crippen molar-refractivity contribution in [2.24, 2.45) is 0 Å². The highest BCUT2D eigenvalue weighted by Gasteiger charge is 2.58. The second-order valence-corrected chi connectivity index (χ2v) is 8.36. The molecule has 0 saturated heterocycles. The Bertz CT molecular complexity index is 909. The van der Waals surface area contributed by atoms with Crippen molar-refractivity contribution in [2.45, 2.75) is 25.0 Å². The number of fused-ring (bicyclic) bond motifs is 2. The summed E-state index contributed by atoms with van der Waals surface area (Å²) in [7, 11) is 3.72. The molecule has 2 heterocycles. The number of hydrogen-bond donors (Lipinski definition) is 0. The highest BCUT2D eigenvalue weighted by Crippen LogP contribution is 2.56. The van der Waals surface area contributed by atoms with Gasteiger partial charge in [-0.2, -0.15) is 0 Å². The summed E-state index contributed by atoms with van der Waals surface area (Å²) in [5.74, 6) is 1.47. The minimum Gasteiger partial charge on any atom is -0.493 e. The molecular formula is C20H19BrClNO2. The maximum atomic E-state index is 6.66. The Labute approximate surface area is 161 Å². The zero-order valence-corrected chi connectivity index (χ0v) is 16.9. The first kappa shape index (κ1) is 16.8. The van der Waals surface area contributed by atoms with E-state index >= 15 is 0 Å². The Hall–Kier alpha value is -1.65. The van der Waals surface area contributed by atoms with E-state index in [4.69, 9.17) is 21.1 Å². The van der Waals surface area contributed by atoms with Gasteiger partial charge in [-0.15, -0.1) is 0 Å². The van der Waals surface area contributed by atoms with Crippen molar-refractivity contribution in [3.05, 3.63) is 57.0 Å². The van der Waals surface area contributed by atoms with E-state index in [1.54, 1.807) is 7.11 Å².